The molecule has 31 heavy (non-hydrogen) atoms. The monoisotopic (exact) mass is 465 g/mol. The van der Waals surface area contributed by atoms with Crippen LogP contribution in [0.25, 0.3) is 0 Å². The van der Waals surface area contributed by atoms with Gasteiger partial charge < -0.3 is 14.8 Å². The van der Waals surface area contributed by atoms with Gasteiger partial charge in [0.15, 0.2) is 9.84 Å². The third-order valence-corrected chi connectivity index (χ3v) is 8.32. The van der Waals surface area contributed by atoms with Crippen LogP contribution >= 0.6 is 11.3 Å². The van der Waals surface area contributed by atoms with E-state index >= 15 is 0 Å². The molecule has 1 amide bonds. The van der Waals surface area contributed by atoms with E-state index in [4.69, 9.17) is 9.47 Å². The van der Waals surface area contributed by atoms with Gasteiger partial charge in [0.1, 0.15) is 10.8 Å². The van der Waals surface area contributed by atoms with E-state index in [1.807, 2.05) is 0 Å². The summed E-state index contributed by atoms with van der Waals surface area (Å²) in [5.74, 6) is -0.324. The number of fused-ring (bicyclic) bond motifs is 1. The smallest absolute Gasteiger partial charge is 0.341 e. The lowest BCUT2D eigenvalue weighted by atomic mass is 10.1. The Kier molecular flexibility index (Phi) is 7.72. The number of methoxy groups -OCH3 is 2. The first-order chi connectivity index (χ1) is 14.9. The summed E-state index contributed by atoms with van der Waals surface area (Å²) in [6.45, 7) is 0. The van der Waals surface area contributed by atoms with Crippen LogP contribution in [0.1, 0.15) is 52.9 Å². The van der Waals surface area contributed by atoms with Crippen LogP contribution in [-0.2, 0) is 32.2 Å². The number of sulfone groups is 1. The van der Waals surface area contributed by atoms with Gasteiger partial charge in [0.2, 0.25) is 5.91 Å². The second kappa shape index (κ2) is 10.3. The second-order valence-corrected chi connectivity index (χ2v) is 10.6. The Morgan fingerprint density at radius 2 is 1.77 bits per heavy atom. The SMILES string of the molecule is COC(=O)c1c(NC(=O)CCCS(=O)(=O)c2ccc(OC)cc2)sc2c1CCCCC2. The van der Waals surface area contributed by atoms with Gasteiger partial charge in [-0.15, -0.1) is 11.3 Å². The minimum Gasteiger partial charge on any atom is -0.497 e. The molecule has 168 valence electrons. The third-order valence-electron chi connectivity index (χ3n) is 5.30. The molecule has 0 fully saturated rings. The summed E-state index contributed by atoms with van der Waals surface area (Å²) in [6, 6.07) is 6.18. The quantitative estimate of drug-likeness (QED) is 0.467. The molecule has 2 aromatic rings. The molecule has 0 unspecified atom stereocenters. The Labute approximate surface area is 186 Å². The van der Waals surface area contributed by atoms with Crippen LogP contribution in [0.3, 0.4) is 0 Å². The largest absolute Gasteiger partial charge is 0.497 e. The lowest BCUT2D eigenvalue weighted by molar-refractivity contribution is -0.116. The summed E-state index contributed by atoms with van der Waals surface area (Å²) >= 11 is 1.42. The lowest BCUT2D eigenvalue weighted by Crippen LogP contribution is -2.16. The van der Waals surface area contributed by atoms with Crippen molar-refractivity contribution >= 4 is 38.1 Å². The van der Waals surface area contributed by atoms with Crippen molar-refractivity contribution in [1.29, 1.82) is 0 Å². The van der Waals surface area contributed by atoms with Crippen molar-refractivity contribution in [3.63, 3.8) is 0 Å². The van der Waals surface area contributed by atoms with Crippen molar-refractivity contribution in [2.75, 3.05) is 25.3 Å². The summed E-state index contributed by atoms with van der Waals surface area (Å²) < 4.78 is 35.0. The average molecular weight is 466 g/mol. The zero-order chi connectivity index (χ0) is 22.4. The molecule has 0 radical (unpaired) electrons. The number of anilines is 1. The van der Waals surface area contributed by atoms with Gasteiger partial charge in [-0.05, 0) is 61.9 Å². The Balaban J connectivity index is 1.63. The molecule has 3 rings (SSSR count). The number of nitrogens with one attached hydrogen (secondary N) is 1. The Morgan fingerprint density at radius 1 is 1.06 bits per heavy atom. The van der Waals surface area contributed by atoms with E-state index in [9.17, 15) is 18.0 Å². The number of ether oxygens (including phenoxy) is 2. The minimum atomic E-state index is -3.49. The van der Waals surface area contributed by atoms with E-state index in [2.05, 4.69) is 5.32 Å². The van der Waals surface area contributed by atoms with E-state index in [-0.39, 0.29) is 29.4 Å². The van der Waals surface area contributed by atoms with E-state index in [0.717, 1.165) is 42.5 Å². The average Bonchev–Trinajstić information content (AvgIpc) is 2.93. The standard InChI is InChI=1S/C22H27NO6S2/c1-28-15-10-12-16(13-11-15)31(26,27)14-6-9-19(24)23-21-20(22(25)29-2)17-7-4-3-5-8-18(17)30-21/h10-13H,3-9,14H2,1-2H3,(H,23,24). The summed E-state index contributed by atoms with van der Waals surface area (Å²) in [5, 5.41) is 3.31. The fourth-order valence-electron chi connectivity index (χ4n) is 3.66. The maximum Gasteiger partial charge on any atom is 0.341 e. The normalized spacial score (nSPS) is 13.7. The number of rotatable bonds is 8. The molecular formula is C22H27NO6S2. The van der Waals surface area contributed by atoms with Crippen molar-refractivity contribution < 1.29 is 27.5 Å². The van der Waals surface area contributed by atoms with Crippen molar-refractivity contribution in [3.05, 3.63) is 40.3 Å². The third kappa shape index (κ3) is 5.65. The first-order valence-corrected chi connectivity index (χ1v) is 12.7. The number of amides is 1. The van der Waals surface area contributed by atoms with Gasteiger partial charge in [-0.2, -0.15) is 0 Å². The first-order valence-electron chi connectivity index (χ1n) is 10.2. The minimum absolute atomic E-state index is 0.0402. The van der Waals surface area contributed by atoms with Crippen LogP contribution in [0.2, 0.25) is 0 Å². The van der Waals surface area contributed by atoms with Gasteiger partial charge in [-0.25, -0.2) is 13.2 Å². The number of hydrogen-bond acceptors (Lipinski definition) is 7. The van der Waals surface area contributed by atoms with Crippen LogP contribution in [0.15, 0.2) is 29.2 Å². The highest BCUT2D eigenvalue weighted by molar-refractivity contribution is 7.91. The summed E-state index contributed by atoms with van der Waals surface area (Å²) in [5.41, 5.74) is 1.43. The van der Waals surface area contributed by atoms with Crippen molar-refractivity contribution in [3.8, 4) is 5.75 Å². The zero-order valence-electron chi connectivity index (χ0n) is 17.7. The Bertz CT molecular complexity index is 1040. The number of benzene rings is 1. The zero-order valence-corrected chi connectivity index (χ0v) is 19.4. The number of thiophene rings is 1. The molecule has 0 spiro atoms. The molecule has 1 aromatic heterocycles. The number of hydrogen-bond donors (Lipinski definition) is 1. The molecule has 1 aromatic carbocycles. The number of aryl methyl sites for hydroxylation is 1. The van der Waals surface area contributed by atoms with Gasteiger partial charge in [-0.3, -0.25) is 4.79 Å². The molecule has 1 aliphatic rings. The van der Waals surface area contributed by atoms with Gasteiger partial charge in [0, 0.05) is 11.3 Å². The second-order valence-electron chi connectivity index (χ2n) is 7.41. The maximum atomic E-state index is 12.5. The van der Waals surface area contributed by atoms with Crippen molar-refractivity contribution in [1.82, 2.24) is 0 Å². The van der Waals surface area contributed by atoms with Gasteiger partial charge in [0.25, 0.3) is 0 Å². The molecule has 0 aliphatic heterocycles. The van der Waals surface area contributed by atoms with Gasteiger partial charge in [-0.1, -0.05) is 6.42 Å². The van der Waals surface area contributed by atoms with Crippen molar-refractivity contribution in [2.45, 2.75) is 49.8 Å². The molecule has 7 nitrogen and oxygen atoms in total. The molecule has 9 heteroatoms. The van der Waals surface area contributed by atoms with E-state index in [1.165, 1.54) is 37.7 Å². The summed E-state index contributed by atoms with van der Waals surface area (Å²) in [6.07, 6.45) is 5.09. The Morgan fingerprint density at radius 3 is 2.45 bits per heavy atom. The van der Waals surface area contributed by atoms with E-state index in [0.29, 0.717) is 16.3 Å². The highest BCUT2D eigenvalue weighted by atomic mass is 32.2. The fraction of sp³-hybridized carbons (Fsp3) is 0.455. The predicted molar refractivity (Wildman–Crippen MR) is 120 cm³/mol. The summed E-state index contributed by atoms with van der Waals surface area (Å²) in [4.78, 5) is 26.2. The van der Waals surface area contributed by atoms with Crippen LogP contribution in [0.5, 0.6) is 5.75 Å². The molecule has 1 N–H and O–H groups in total. The van der Waals surface area contributed by atoms with Crippen LogP contribution in [0.4, 0.5) is 5.00 Å². The molecule has 0 bridgehead atoms. The highest BCUT2D eigenvalue weighted by Gasteiger charge is 2.26. The van der Waals surface area contributed by atoms with Crippen LogP contribution < -0.4 is 10.1 Å². The van der Waals surface area contributed by atoms with E-state index in [1.54, 1.807) is 12.1 Å². The number of esters is 1. The predicted octanol–water partition coefficient (Wildman–Crippen LogP) is 4.00. The topological polar surface area (TPSA) is 98.8 Å². The molecule has 0 saturated carbocycles. The van der Waals surface area contributed by atoms with Crippen molar-refractivity contribution in [2.24, 2.45) is 0 Å². The lowest BCUT2D eigenvalue weighted by Gasteiger charge is -2.08. The molecular weight excluding hydrogens is 438 g/mol. The summed E-state index contributed by atoms with van der Waals surface area (Å²) in [7, 11) is -0.647. The fourth-order valence-corrected chi connectivity index (χ4v) is 6.27. The first kappa shape index (κ1) is 23.3. The highest BCUT2D eigenvalue weighted by Crippen LogP contribution is 2.38. The van der Waals surface area contributed by atoms with Crippen LogP contribution in [0, 0.1) is 0 Å². The molecule has 0 atom stereocenters. The van der Waals surface area contributed by atoms with Crippen LogP contribution in [-0.4, -0.2) is 40.3 Å². The molecule has 0 saturated heterocycles. The number of carbonyl (C=O) groups is 2. The number of carbonyl (C=O) groups excluding carboxylic acids is 2. The molecule has 1 heterocycles. The van der Waals surface area contributed by atoms with Gasteiger partial charge >= 0.3 is 5.97 Å². The van der Waals surface area contributed by atoms with Gasteiger partial charge in [0.05, 0.1) is 30.4 Å². The molecule has 1 aliphatic carbocycles. The maximum absolute atomic E-state index is 12.5. The Hall–Kier alpha value is -2.39. The van der Waals surface area contributed by atoms with E-state index < -0.39 is 15.8 Å².